The van der Waals surface area contributed by atoms with E-state index >= 15 is 0 Å². The van der Waals surface area contributed by atoms with Crippen molar-refractivity contribution in [3.63, 3.8) is 0 Å². The Kier molecular flexibility index (Phi) is 5.34. The van der Waals surface area contributed by atoms with E-state index in [2.05, 4.69) is 20.7 Å². The number of nitrogens with zero attached hydrogens (tertiary/aromatic N) is 4. The van der Waals surface area contributed by atoms with Crippen molar-refractivity contribution in [2.24, 2.45) is 5.73 Å². The van der Waals surface area contributed by atoms with Gasteiger partial charge in [0.1, 0.15) is 17.4 Å². The summed E-state index contributed by atoms with van der Waals surface area (Å²) in [6, 6.07) is 4.05. The molecule has 1 aliphatic heterocycles. The summed E-state index contributed by atoms with van der Waals surface area (Å²) >= 11 is 0. The first-order valence-electron chi connectivity index (χ1n) is 9.78. The Labute approximate surface area is 176 Å². The molecule has 0 aliphatic carbocycles. The van der Waals surface area contributed by atoms with Gasteiger partial charge in [0, 0.05) is 19.2 Å². The van der Waals surface area contributed by atoms with Crippen molar-refractivity contribution in [2.45, 2.75) is 32.4 Å². The number of carbonyl (C=O) groups is 3. The maximum Gasteiger partial charge on any atom is 0.262 e. The maximum absolute atomic E-state index is 13.2. The summed E-state index contributed by atoms with van der Waals surface area (Å²) in [7, 11) is 0. The fraction of sp³-hybridized carbons (Fsp3) is 0.300. The lowest BCUT2D eigenvalue weighted by atomic mass is 10.1. The minimum atomic E-state index is -0.811. The molecule has 4 rings (SSSR count). The van der Waals surface area contributed by atoms with Gasteiger partial charge in [0.2, 0.25) is 11.8 Å². The van der Waals surface area contributed by atoms with Crippen LogP contribution in [0.3, 0.4) is 0 Å². The normalized spacial score (nSPS) is 16.4. The molecule has 0 spiro atoms. The molecule has 11 nitrogen and oxygen atoms in total. The molecule has 1 aliphatic rings. The molecule has 0 bridgehead atoms. The van der Waals surface area contributed by atoms with Gasteiger partial charge in [0.05, 0.1) is 29.4 Å². The number of benzene rings is 1. The van der Waals surface area contributed by atoms with Gasteiger partial charge in [-0.25, -0.2) is 4.98 Å². The summed E-state index contributed by atoms with van der Waals surface area (Å²) in [5.74, 6) is -0.976. The average Bonchev–Trinajstić information content (AvgIpc) is 3.19. The van der Waals surface area contributed by atoms with Gasteiger partial charge in [-0.15, -0.1) is 0 Å². The number of amides is 3. The summed E-state index contributed by atoms with van der Waals surface area (Å²) in [5.41, 5.74) is 6.11. The van der Waals surface area contributed by atoms with Crippen LogP contribution in [0.15, 0.2) is 35.4 Å². The molecule has 0 radical (unpaired) electrons. The van der Waals surface area contributed by atoms with E-state index in [9.17, 15) is 19.2 Å². The summed E-state index contributed by atoms with van der Waals surface area (Å²) in [4.78, 5) is 54.0. The number of piperidine rings is 1. The number of anilines is 1. The number of aromatic nitrogens is 4. The molecule has 3 aromatic rings. The predicted octanol–water partition coefficient (Wildman–Crippen LogP) is 0.0901. The SMILES string of the molecule is Cc1nc2c(NC(=O)c3cnn(CCN)c3)cccc2c(=O)n1C1CCC(=O)NC1=O. The molecule has 1 saturated heterocycles. The first-order chi connectivity index (χ1) is 14.9. The van der Waals surface area contributed by atoms with Crippen molar-refractivity contribution in [2.75, 3.05) is 11.9 Å². The van der Waals surface area contributed by atoms with Crippen LogP contribution in [0.25, 0.3) is 10.9 Å². The van der Waals surface area contributed by atoms with E-state index in [4.69, 9.17) is 5.73 Å². The zero-order valence-corrected chi connectivity index (χ0v) is 16.8. The van der Waals surface area contributed by atoms with Crippen molar-refractivity contribution >= 4 is 34.3 Å². The molecular weight excluding hydrogens is 402 g/mol. The zero-order chi connectivity index (χ0) is 22.1. The van der Waals surface area contributed by atoms with Crippen molar-refractivity contribution in [1.82, 2.24) is 24.6 Å². The van der Waals surface area contributed by atoms with Gasteiger partial charge < -0.3 is 11.1 Å². The second-order valence-electron chi connectivity index (χ2n) is 7.24. The quantitative estimate of drug-likeness (QED) is 0.491. The van der Waals surface area contributed by atoms with Crippen LogP contribution in [0.1, 0.15) is 35.1 Å². The van der Waals surface area contributed by atoms with E-state index in [1.165, 1.54) is 10.8 Å². The van der Waals surface area contributed by atoms with Crippen LogP contribution in [0.5, 0.6) is 0 Å². The van der Waals surface area contributed by atoms with Crippen LogP contribution < -0.4 is 21.9 Å². The molecular formula is C20H21N7O4. The van der Waals surface area contributed by atoms with Crippen molar-refractivity contribution in [3.05, 3.63) is 52.3 Å². The Morgan fingerprint density at radius 1 is 1.32 bits per heavy atom. The standard InChI is InChI=1S/C20H21N7O4/c1-11-23-17-13(20(31)27(11)15-5-6-16(28)25-19(15)30)3-2-4-14(17)24-18(29)12-9-22-26(10-12)8-7-21/h2-4,9-10,15H,5-8,21H2,1H3,(H,24,29)(H,25,28,30). The molecule has 3 amide bonds. The first kappa shape index (κ1) is 20.4. The lowest BCUT2D eigenvalue weighted by Gasteiger charge is -2.24. The number of imide groups is 1. The number of hydrogen-bond donors (Lipinski definition) is 3. The molecule has 11 heteroatoms. The van der Waals surface area contributed by atoms with E-state index in [1.54, 1.807) is 36.0 Å². The van der Waals surface area contributed by atoms with E-state index < -0.39 is 23.4 Å². The highest BCUT2D eigenvalue weighted by atomic mass is 16.2. The van der Waals surface area contributed by atoms with Gasteiger partial charge >= 0.3 is 0 Å². The number of carbonyl (C=O) groups excluding carboxylic acids is 3. The van der Waals surface area contributed by atoms with E-state index in [0.717, 1.165) is 0 Å². The van der Waals surface area contributed by atoms with Crippen molar-refractivity contribution in [1.29, 1.82) is 0 Å². The predicted molar refractivity (Wildman–Crippen MR) is 111 cm³/mol. The number of para-hydroxylation sites is 1. The number of hydrogen-bond acceptors (Lipinski definition) is 7. The Morgan fingerprint density at radius 2 is 2.13 bits per heavy atom. The number of nitrogens with two attached hydrogens (primary N) is 1. The highest BCUT2D eigenvalue weighted by molar-refractivity contribution is 6.08. The van der Waals surface area contributed by atoms with Crippen LogP contribution in [0.2, 0.25) is 0 Å². The van der Waals surface area contributed by atoms with Crippen LogP contribution in [-0.4, -0.2) is 43.6 Å². The molecule has 1 fully saturated rings. The zero-order valence-electron chi connectivity index (χ0n) is 16.8. The molecule has 0 saturated carbocycles. The number of rotatable bonds is 5. The average molecular weight is 423 g/mol. The second kappa shape index (κ2) is 8.11. The van der Waals surface area contributed by atoms with Gasteiger partial charge in [-0.3, -0.25) is 33.7 Å². The highest BCUT2D eigenvalue weighted by Gasteiger charge is 2.30. The summed E-state index contributed by atoms with van der Waals surface area (Å²) in [6.07, 6.45) is 3.39. The Morgan fingerprint density at radius 3 is 2.87 bits per heavy atom. The lowest BCUT2D eigenvalue weighted by Crippen LogP contribution is -2.45. The molecule has 2 aromatic heterocycles. The first-order valence-corrected chi connectivity index (χ1v) is 9.78. The highest BCUT2D eigenvalue weighted by Crippen LogP contribution is 2.23. The molecule has 1 unspecified atom stereocenters. The topological polar surface area (TPSA) is 154 Å². The fourth-order valence-corrected chi connectivity index (χ4v) is 3.66. The van der Waals surface area contributed by atoms with Crippen LogP contribution >= 0.6 is 0 Å². The van der Waals surface area contributed by atoms with Crippen molar-refractivity contribution in [3.8, 4) is 0 Å². The lowest BCUT2D eigenvalue weighted by molar-refractivity contribution is -0.135. The minimum Gasteiger partial charge on any atom is -0.329 e. The number of fused-ring (bicyclic) bond motifs is 1. The van der Waals surface area contributed by atoms with Crippen LogP contribution in [-0.2, 0) is 16.1 Å². The van der Waals surface area contributed by atoms with Gasteiger partial charge in [0.15, 0.2) is 0 Å². The van der Waals surface area contributed by atoms with Gasteiger partial charge in [-0.2, -0.15) is 5.10 Å². The van der Waals surface area contributed by atoms with E-state index in [0.29, 0.717) is 35.7 Å². The Hall–Kier alpha value is -3.86. The number of nitrogens with one attached hydrogen (secondary N) is 2. The molecule has 31 heavy (non-hydrogen) atoms. The second-order valence-corrected chi connectivity index (χ2v) is 7.24. The van der Waals surface area contributed by atoms with Gasteiger partial charge in [-0.05, 0) is 25.5 Å². The molecule has 1 aromatic carbocycles. The minimum absolute atomic E-state index is 0.147. The smallest absolute Gasteiger partial charge is 0.262 e. The molecule has 160 valence electrons. The molecule has 4 N–H and O–H groups in total. The summed E-state index contributed by atoms with van der Waals surface area (Å²) < 4.78 is 2.87. The van der Waals surface area contributed by atoms with E-state index in [1.807, 2.05) is 0 Å². The Bertz CT molecular complexity index is 1260. The molecule has 3 heterocycles. The van der Waals surface area contributed by atoms with Crippen LogP contribution in [0.4, 0.5) is 5.69 Å². The largest absolute Gasteiger partial charge is 0.329 e. The third kappa shape index (κ3) is 3.82. The summed E-state index contributed by atoms with van der Waals surface area (Å²) in [5, 5.41) is 9.36. The maximum atomic E-state index is 13.2. The van der Waals surface area contributed by atoms with Crippen molar-refractivity contribution < 1.29 is 14.4 Å². The Balaban J connectivity index is 1.70. The third-order valence-electron chi connectivity index (χ3n) is 5.13. The van der Waals surface area contributed by atoms with Gasteiger partial charge in [-0.1, -0.05) is 6.07 Å². The number of aryl methyl sites for hydroxylation is 1. The van der Waals surface area contributed by atoms with E-state index in [-0.39, 0.29) is 24.1 Å². The molecule has 1 atom stereocenters. The van der Waals surface area contributed by atoms with Crippen LogP contribution in [0, 0.1) is 6.92 Å². The monoisotopic (exact) mass is 423 g/mol. The third-order valence-corrected chi connectivity index (χ3v) is 5.13. The summed E-state index contributed by atoms with van der Waals surface area (Å²) in [6.45, 7) is 2.50. The fourth-order valence-electron chi connectivity index (χ4n) is 3.66. The van der Waals surface area contributed by atoms with Gasteiger partial charge in [0.25, 0.3) is 11.5 Å².